The van der Waals surface area contributed by atoms with E-state index in [0.29, 0.717) is 19.7 Å². The molecule has 0 aromatic carbocycles. The minimum atomic E-state index is -2.78. The molecule has 9 heteroatoms. The number of likely N-dealkylation sites (tertiary alicyclic amines) is 1. The van der Waals surface area contributed by atoms with Crippen LogP contribution in [0.4, 0.5) is 8.78 Å². The Hall–Kier alpha value is -2.03. The van der Waals surface area contributed by atoms with Crippen LogP contribution in [0.15, 0.2) is 12.3 Å². The summed E-state index contributed by atoms with van der Waals surface area (Å²) in [6.45, 7) is 1.90. The normalized spacial score (nSPS) is 22.0. The molecule has 1 aromatic heterocycles. The summed E-state index contributed by atoms with van der Waals surface area (Å²) in [7, 11) is 0. The van der Waals surface area contributed by atoms with Crippen molar-refractivity contribution in [2.24, 2.45) is 0 Å². The SMILES string of the molecule is CCOCC(=O)N1Cc2ccnn2[C@@H](CC(=O)N2CC(F)(F)C2)C1. The second-order valence-corrected chi connectivity index (χ2v) is 6.14. The summed E-state index contributed by atoms with van der Waals surface area (Å²) < 4.78 is 32.7. The summed E-state index contributed by atoms with van der Waals surface area (Å²) in [4.78, 5) is 27.1. The van der Waals surface area contributed by atoms with E-state index >= 15 is 0 Å². The van der Waals surface area contributed by atoms with Gasteiger partial charge in [-0.15, -0.1) is 0 Å². The summed E-state index contributed by atoms with van der Waals surface area (Å²) in [5.74, 6) is -3.28. The monoisotopic (exact) mass is 342 g/mol. The van der Waals surface area contributed by atoms with E-state index in [0.717, 1.165) is 10.6 Å². The van der Waals surface area contributed by atoms with Gasteiger partial charge in [-0.2, -0.15) is 5.10 Å². The van der Waals surface area contributed by atoms with Crippen LogP contribution in [-0.2, 0) is 20.9 Å². The van der Waals surface area contributed by atoms with Gasteiger partial charge in [-0.25, -0.2) is 8.78 Å². The number of hydrogen-bond donors (Lipinski definition) is 0. The molecule has 2 aliphatic rings. The van der Waals surface area contributed by atoms with Crippen molar-refractivity contribution in [3.05, 3.63) is 18.0 Å². The Morgan fingerprint density at radius 1 is 1.33 bits per heavy atom. The number of rotatable bonds is 5. The number of alkyl halides is 2. The smallest absolute Gasteiger partial charge is 0.282 e. The average Bonchev–Trinajstić information content (AvgIpc) is 2.98. The van der Waals surface area contributed by atoms with Crippen molar-refractivity contribution in [3.8, 4) is 0 Å². The predicted molar refractivity (Wildman–Crippen MR) is 79.3 cm³/mol. The highest BCUT2D eigenvalue weighted by Crippen LogP contribution is 2.29. The van der Waals surface area contributed by atoms with E-state index in [-0.39, 0.29) is 30.9 Å². The molecule has 2 aliphatic heterocycles. The lowest BCUT2D eigenvalue weighted by Crippen LogP contribution is -2.59. The van der Waals surface area contributed by atoms with Crippen LogP contribution in [0.5, 0.6) is 0 Å². The van der Waals surface area contributed by atoms with Gasteiger partial charge in [-0.05, 0) is 13.0 Å². The molecule has 3 rings (SSSR count). The third kappa shape index (κ3) is 3.40. The van der Waals surface area contributed by atoms with Gasteiger partial charge in [0.1, 0.15) is 6.61 Å². The first-order valence-corrected chi connectivity index (χ1v) is 7.93. The van der Waals surface area contributed by atoms with E-state index in [2.05, 4.69) is 5.10 Å². The van der Waals surface area contributed by atoms with Crippen molar-refractivity contribution in [3.63, 3.8) is 0 Å². The van der Waals surface area contributed by atoms with Gasteiger partial charge in [0.25, 0.3) is 5.92 Å². The summed E-state index contributed by atoms with van der Waals surface area (Å²) in [5.41, 5.74) is 0.817. The lowest BCUT2D eigenvalue weighted by Gasteiger charge is -2.40. The molecule has 3 heterocycles. The maximum atomic E-state index is 12.9. The van der Waals surface area contributed by atoms with Gasteiger partial charge in [-0.1, -0.05) is 0 Å². The standard InChI is InChI=1S/C15H20F2N4O3/c1-2-24-8-14(23)19-6-11-3-4-18-21(11)12(7-19)5-13(22)20-9-15(16,17)10-20/h3-4,12H,2,5-10H2,1H3/t12-/m0/s1. The second kappa shape index (κ2) is 6.46. The summed E-state index contributed by atoms with van der Waals surface area (Å²) in [6, 6.07) is 1.44. The molecule has 0 unspecified atom stereocenters. The molecule has 1 fully saturated rings. The van der Waals surface area contributed by atoms with Crippen LogP contribution in [0.3, 0.4) is 0 Å². The Kier molecular flexibility index (Phi) is 4.53. The van der Waals surface area contributed by atoms with Crippen molar-refractivity contribution in [2.75, 3.05) is 32.8 Å². The maximum absolute atomic E-state index is 12.9. The molecule has 0 aliphatic carbocycles. The molecule has 0 saturated carbocycles. The number of halogens is 2. The van der Waals surface area contributed by atoms with Gasteiger partial charge in [0.05, 0.1) is 37.8 Å². The van der Waals surface area contributed by atoms with E-state index in [9.17, 15) is 18.4 Å². The molecule has 1 saturated heterocycles. The topological polar surface area (TPSA) is 67.7 Å². The Labute approximate surface area is 138 Å². The van der Waals surface area contributed by atoms with Gasteiger partial charge in [-0.3, -0.25) is 14.3 Å². The number of fused-ring (bicyclic) bond motifs is 1. The van der Waals surface area contributed by atoms with Crippen LogP contribution in [0.2, 0.25) is 0 Å². The van der Waals surface area contributed by atoms with E-state index in [1.54, 1.807) is 21.8 Å². The van der Waals surface area contributed by atoms with Gasteiger partial charge in [0, 0.05) is 19.3 Å². The fraction of sp³-hybridized carbons (Fsp3) is 0.667. The minimum absolute atomic E-state index is 0.0103. The first-order valence-electron chi connectivity index (χ1n) is 7.93. The van der Waals surface area contributed by atoms with E-state index in [1.807, 2.05) is 6.92 Å². The Bertz CT molecular complexity index is 626. The molecule has 132 valence electrons. The lowest BCUT2D eigenvalue weighted by atomic mass is 10.1. The molecular formula is C15H20F2N4O3. The molecule has 2 amide bonds. The quantitative estimate of drug-likeness (QED) is 0.789. The minimum Gasteiger partial charge on any atom is -0.372 e. The summed E-state index contributed by atoms with van der Waals surface area (Å²) in [6.07, 6.45) is 1.66. The van der Waals surface area contributed by atoms with Crippen LogP contribution in [0.1, 0.15) is 25.1 Å². The number of aromatic nitrogens is 2. The highest BCUT2D eigenvalue weighted by atomic mass is 19.3. The zero-order chi connectivity index (χ0) is 17.3. The highest BCUT2D eigenvalue weighted by molar-refractivity contribution is 5.79. The first kappa shape index (κ1) is 16.8. The van der Waals surface area contributed by atoms with Crippen molar-refractivity contribution in [1.82, 2.24) is 19.6 Å². The number of ether oxygens (including phenoxy) is 1. The molecule has 7 nitrogen and oxygen atoms in total. The number of amides is 2. The zero-order valence-corrected chi connectivity index (χ0v) is 13.5. The average molecular weight is 342 g/mol. The van der Waals surface area contributed by atoms with Crippen molar-refractivity contribution < 1.29 is 23.1 Å². The van der Waals surface area contributed by atoms with Crippen LogP contribution >= 0.6 is 0 Å². The number of carbonyl (C=O) groups is 2. The van der Waals surface area contributed by atoms with E-state index in [1.165, 1.54) is 0 Å². The first-order chi connectivity index (χ1) is 11.4. The molecular weight excluding hydrogens is 322 g/mol. The molecule has 0 radical (unpaired) electrons. The van der Waals surface area contributed by atoms with Crippen LogP contribution in [0.25, 0.3) is 0 Å². The van der Waals surface area contributed by atoms with Gasteiger partial charge in [0.15, 0.2) is 0 Å². The lowest BCUT2D eigenvalue weighted by molar-refractivity contribution is -0.167. The highest BCUT2D eigenvalue weighted by Gasteiger charge is 2.46. The molecule has 0 N–H and O–H groups in total. The van der Waals surface area contributed by atoms with Crippen molar-refractivity contribution >= 4 is 11.8 Å². The molecule has 0 bridgehead atoms. The van der Waals surface area contributed by atoms with Crippen LogP contribution in [0, 0.1) is 0 Å². The van der Waals surface area contributed by atoms with Gasteiger partial charge >= 0.3 is 0 Å². The second-order valence-electron chi connectivity index (χ2n) is 6.14. The summed E-state index contributed by atoms with van der Waals surface area (Å²) in [5, 5.41) is 4.21. The maximum Gasteiger partial charge on any atom is 0.282 e. The van der Waals surface area contributed by atoms with Crippen LogP contribution < -0.4 is 0 Å². The van der Waals surface area contributed by atoms with E-state index in [4.69, 9.17) is 4.74 Å². The Balaban J connectivity index is 1.66. The number of carbonyl (C=O) groups excluding carboxylic acids is 2. The molecule has 1 atom stereocenters. The fourth-order valence-electron chi connectivity index (χ4n) is 3.03. The van der Waals surface area contributed by atoms with Gasteiger partial charge in [0.2, 0.25) is 11.8 Å². The third-order valence-electron chi connectivity index (χ3n) is 4.27. The predicted octanol–water partition coefficient (Wildman–Crippen LogP) is 0.670. The number of nitrogens with zero attached hydrogens (tertiary/aromatic N) is 4. The Morgan fingerprint density at radius 3 is 2.75 bits per heavy atom. The third-order valence-corrected chi connectivity index (χ3v) is 4.27. The zero-order valence-electron chi connectivity index (χ0n) is 13.5. The van der Waals surface area contributed by atoms with Crippen LogP contribution in [-0.4, -0.2) is 70.2 Å². The molecule has 0 spiro atoms. The molecule has 24 heavy (non-hydrogen) atoms. The largest absolute Gasteiger partial charge is 0.372 e. The van der Waals surface area contributed by atoms with Gasteiger partial charge < -0.3 is 14.5 Å². The Morgan fingerprint density at radius 2 is 2.08 bits per heavy atom. The van der Waals surface area contributed by atoms with E-state index < -0.39 is 19.0 Å². The number of hydrogen-bond acceptors (Lipinski definition) is 4. The fourth-order valence-corrected chi connectivity index (χ4v) is 3.03. The van der Waals surface area contributed by atoms with Crippen molar-refractivity contribution in [1.29, 1.82) is 0 Å². The summed E-state index contributed by atoms with van der Waals surface area (Å²) >= 11 is 0. The van der Waals surface area contributed by atoms with Crippen molar-refractivity contribution in [2.45, 2.75) is 31.9 Å². The molecule has 1 aromatic rings.